The third kappa shape index (κ3) is 2.83. The summed E-state index contributed by atoms with van der Waals surface area (Å²) < 4.78 is 5.27. The average Bonchev–Trinajstić information content (AvgIpc) is 2.92. The maximum atomic E-state index is 5.27. The van der Waals surface area contributed by atoms with Crippen LogP contribution in [0.5, 0.6) is 0 Å². The molecule has 3 heteroatoms. The molecule has 0 saturated heterocycles. The first kappa shape index (κ1) is 11.5. The first-order valence-corrected chi connectivity index (χ1v) is 6.20. The van der Waals surface area contributed by atoms with E-state index in [4.69, 9.17) is 4.42 Å². The molecular weight excluding hydrogens is 236 g/mol. The predicted molar refractivity (Wildman–Crippen MR) is 78.0 cm³/mol. The standard InChI is InChI=1S/C16H14N2O/c1-2-5-13(6-3-1)7-4-10-17-14-8-9-15-16(11-14)19-12-18-15/h1-9,11-12,17H,10H2/b7-4+. The molecule has 0 atom stereocenters. The predicted octanol–water partition coefficient (Wildman–Crippen LogP) is 3.95. The van der Waals surface area contributed by atoms with E-state index < -0.39 is 0 Å². The third-order valence-electron chi connectivity index (χ3n) is 2.87. The second-order valence-corrected chi connectivity index (χ2v) is 4.23. The Bertz CT molecular complexity index is 686. The van der Waals surface area contributed by atoms with Crippen LogP contribution in [-0.4, -0.2) is 11.5 Å². The molecule has 0 bridgehead atoms. The molecule has 0 aliphatic heterocycles. The van der Waals surface area contributed by atoms with Gasteiger partial charge in [0.25, 0.3) is 0 Å². The fourth-order valence-electron chi connectivity index (χ4n) is 1.90. The Balaban J connectivity index is 1.61. The molecule has 2 aromatic carbocycles. The lowest BCUT2D eigenvalue weighted by molar-refractivity contribution is 0.602. The van der Waals surface area contributed by atoms with Crippen molar-refractivity contribution in [3.63, 3.8) is 0 Å². The van der Waals surface area contributed by atoms with Gasteiger partial charge in [-0.25, -0.2) is 4.98 Å². The number of nitrogens with one attached hydrogen (secondary N) is 1. The second-order valence-electron chi connectivity index (χ2n) is 4.23. The van der Waals surface area contributed by atoms with Crippen LogP contribution in [0.15, 0.2) is 65.4 Å². The number of hydrogen-bond donors (Lipinski definition) is 1. The Morgan fingerprint density at radius 2 is 2.00 bits per heavy atom. The summed E-state index contributed by atoms with van der Waals surface area (Å²) in [4.78, 5) is 4.09. The van der Waals surface area contributed by atoms with Crippen LogP contribution < -0.4 is 5.32 Å². The smallest absolute Gasteiger partial charge is 0.181 e. The largest absolute Gasteiger partial charge is 0.443 e. The van der Waals surface area contributed by atoms with Gasteiger partial charge in [-0.3, -0.25) is 0 Å². The van der Waals surface area contributed by atoms with Crippen molar-refractivity contribution in [2.75, 3.05) is 11.9 Å². The maximum absolute atomic E-state index is 5.27. The van der Waals surface area contributed by atoms with Crippen LogP contribution in [0.25, 0.3) is 17.2 Å². The van der Waals surface area contributed by atoms with E-state index >= 15 is 0 Å². The molecule has 0 aliphatic carbocycles. The minimum Gasteiger partial charge on any atom is -0.443 e. The van der Waals surface area contributed by atoms with Gasteiger partial charge in [-0.05, 0) is 17.7 Å². The molecule has 1 heterocycles. The Hall–Kier alpha value is -2.55. The molecule has 0 amide bonds. The van der Waals surface area contributed by atoms with Crippen LogP contribution in [-0.2, 0) is 0 Å². The molecule has 1 aromatic heterocycles. The fourth-order valence-corrected chi connectivity index (χ4v) is 1.90. The molecule has 0 unspecified atom stereocenters. The monoisotopic (exact) mass is 250 g/mol. The Morgan fingerprint density at radius 1 is 1.11 bits per heavy atom. The van der Waals surface area contributed by atoms with Gasteiger partial charge < -0.3 is 9.73 Å². The number of nitrogens with zero attached hydrogens (tertiary/aromatic N) is 1. The zero-order chi connectivity index (χ0) is 12.9. The van der Waals surface area contributed by atoms with Crippen LogP contribution in [0, 0.1) is 0 Å². The van der Waals surface area contributed by atoms with Gasteiger partial charge >= 0.3 is 0 Å². The van der Waals surface area contributed by atoms with Crippen molar-refractivity contribution in [1.29, 1.82) is 0 Å². The van der Waals surface area contributed by atoms with Crippen molar-refractivity contribution >= 4 is 22.9 Å². The van der Waals surface area contributed by atoms with E-state index in [1.54, 1.807) is 0 Å². The summed E-state index contributed by atoms with van der Waals surface area (Å²) in [6.45, 7) is 0.772. The molecule has 0 aliphatic rings. The fraction of sp³-hybridized carbons (Fsp3) is 0.0625. The van der Waals surface area contributed by atoms with Gasteiger partial charge in [-0.15, -0.1) is 0 Å². The lowest BCUT2D eigenvalue weighted by Gasteiger charge is -2.02. The highest BCUT2D eigenvalue weighted by atomic mass is 16.3. The van der Waals surface area contributed by atoms with E-state index in [2.05, 4.69) is 34.6 Å². The molecule has 0 radical (unpaired) electrons. The first-order valence-electron chi connectivity index (χ1n) is 6.20. The second kappa shape index (κ2) is 5.40. The topological polar surface area (TPSA) is 38.1 Å². The molecule has 94 valence electrons. The van der Waals surface area contributed by atoms with Crippen LogP contribution >= 0.6 is 0 Å². The molecule has 1 N–H and O–H groups in total. The number of anilines is 1. The van der Waals surface area contributed by atoms with Crippen molar-refractivity contribution < 1.29 is 4.42 Å². The number of benzene rings is 2. The Morgan fingerprint density at radius 3 is 2.89 bits per heavy atom. The van der Waals surface area contributed by atoms with Gasteiger partial charge in [-0.2, -0.15) is 0 Å². The lowest BCUT2D eigenvalue weighted by Crippen LogP contribution is -1.97. The summed E-state index contributed by atoms with van der Waals surface area (Å²) in [5, 5.41) is 3.32. The van der Waals surface area contributed by atoms with E-state index in [1.807, 2.05) is 36.4 Å². The molecular formula is C16H14N2O. The normalized spacial score (nSPS) is 11.2. The van der Waals surface area contributed by atoms with Gasteiger partial charge in [0.2, 0.25) is 0 Å². The minimum absolute atomic E-state index is 0.772. The van der Waals surface area contributed by atoms with Crippen LogP contribution in [0.1, 0.15) is 5.56 Å². The molecule has 0 fully saturated rings. The summed E-state index contributed by atoms with van der Waals surface area (Å²) in [5.41, 5.74) is 3.92. The molecule has 0 saturated carbocycles. The van der Waals surface area contributed by atoms with Crippen molar-refractivity contribution in [1.82, 2.24) is 4.98 Å². The SMILES string of the molecule is C(=C\c1ccccc1)/CNc1ccc2ncoc2c1. The van der Waals surface area contributed by atoms with Crippen molar-refractivity contribution in [2.24, 2.45) is 0 Å². The summed E-state index contributed by atoms with van der Waals surface area (Å²) in [7, 11) is 0. The van der Waals surface area contributed by atoms with E-state index in [1.165, 1.54) is 12.0 Å². The summed E-state index contributed by atoms with van der Waals surface area (Å²) in [6.07, 6.45) is 5.66. The number of fused-ring (bicyclic) bond motifs is 1. The average molecular weight is 250 g/mol. The molecule has 3 rings (SSSR count). The molecule has 0 spiro atoms. The van der Waals surface area contributed by atoms with E-state index in [0.29, 0.717) is 0 Å². The first-order chi connectivity index (χ1) is 9.42. The Kier molecular flexibility index (Phi) is 3.28. The van der Waals surface area contributed by atoms with E-state index in [9.17, 15) is 0 Å². The Labute approximate surface area is 111 Å². The van der Waals surface area contributed by atoms with E-state index in [-0.39, 0.29) is 0 Å². The van der Waals surface area contributed by atoms with Crippen molar-refractivity contribution in [3.05, 3.63) is 66.6 Å². The number of oxazole rings is 1. The highest BCUT2D eigenvalue weighted by Gasteiger charge is 1.98. The summed E-state index contributed by atoms with van der Waals surface area (Å²) in [5.74, 6) is 0. The lowest BCUT2D eigenvalue weighted by atomic mass is 10.2. The molecule has 19 heavy (non-hydrogen) atoms. The molecule has 3 nitrogen and oxygen atoms in total. The zero-order valence-corrected chi connectivity index (χ0v) is 10.4. The number of aromatic nitrogens is 1. The highest BCUT2D eigenvalue weighted by Crippen LogP contribution is 2.17. The van der Waals surface area contributed by atoms with Crippen LogP contribution in [0.3, 0.4) is 0 Å². The molecule has 3 aromatic rings. The van der Waals surface area contributed by atoms with Crippen LogP contribution in [0.4, 0.5) is 5.69 Å². The van der Waals surface area contributed by atoms with E-state index in [0.717, 1.165) is 23.3 Å². The van der Waals surface area contributed by atoms with Crippen molar-refractivity contribution in [2.45, 2.75) is 0 Å². The summed E-state index contributed by atoms with van der Waals surface area (Å²) in [6, 6.07) is 16.1. The van der Waals surface area contributed by atoms with Crippen LogP contribution in [0.2, 0.25) is 0 Å². The van der Waals surface area contributed by atoms with Gasteiger partial charge in [0.15, 0.2) is 12.0 Å². The number of rotatable bonds is 4. The van der Waals surface area contributed by atoms with Gasteiger partial charge in [0.05, 0.1) is 0 Å². The number of hydrogen-bond acceptors (Lipinski definition) is 3. The third-order valence-corrected chi connectivity index (χ3v) is 2.87. The zero-order valence-electron chi connectivity index (χ0n) is 10.4. The summed E-state index contributed by atoms with van der Waals surface area (Å²) >= 11 is 0. The quantitative estimate of drug-likeness (QED) is 0.761. The van der Waals surface area contributed by atoms with Gasteiger partial charge in [-0.1, -0.05) is 42.5 Å². The highest BCUT2D eigenvalue weighted by molar-refractivity contribution is 5.76. The van der Waals surface area contributed by atoms with Gasteiger partial charge in [0, 0.05) is 18.3 Å². The minimum atomic E-state index is 0.772. The maximum Gasteiger partial charge on any atom is 0.181 e. The van der Waals surface area contributed by atoms with Crippen molar-refractivity contribution in [3.8, 4) is 0 Å². The van der Waals surface area contributed by atoms with Gasteiger partial charge in [0.1, 0.15) is 5.52 Å².